The van der Waals surface area contributed by atoms with Gasteiger partial charge in [0, 0.05) is 5.57 Å². The van der Waals surface area contributed by atoms with Crippen molar-refractivity contribution < 1.29 is 9.59 Å². The van der Waals surface area contributed by atoms with Crippen LogP contribution in [0.25, 0.3) is 0 Å². The Hall–Kier alpha value is -2.03. The predicted octanol–water partition coefficient (Wildman–Crippen LogP) is 2.51. The molecule has 0 aromatic heterocycles. The van der Waals surface area contributed by atoms with Crippen LogP contribution in [0.5, 0.6) is 0 Å². The Morgan fingerprint density at radius 2 is 1.72 bits per heavy atom. The monoisotopic (exact) mass is 241 g/mol. The SMILES string of the molecule is CC1=C(C)C(=O)C(=NCc2ccccc2)CC1=O. The second-order valence-electron chi connectivity index (χ2n) is 4.43. The molecular weight excluding hydrogens is 226 g/mol. The second-order valence-corrected chi connectivity index (χ2v) is 4.43. The van der Waals surface area contributed by atoms with Gasteiger partial charge >= 0.3 is 0 Å². The van der Waals surface area contributed by atoms with Crippen molar-refractivity contribution in [1.29, 1.82) is 0 Å². The molecule has 92 valence electrons. The molecule has 3 heteroatoms. The summed E-state index contributed by atoms with van der Waals surface area (Å²) in [4.78, 5) is 27.9. The van der Waals surface area contributed by atoms with Crippen molar-refractivity contribution >= 4 is 17.3 Å². The third-order valence-corrected chi connectivity index (χ3v) is 3.21. The molecule has 0 saturated heterocycles. The van der Waals surface area contributed by atoms with E-state index in [1.54, 1.807) is 13.8 Å². The molecule has 0 atom stereocenters. The van der Waals surface area contributed by atoms with Gasteiger partial charge in [-0.3, -0.25) is 14.6 Å². The van der Waals surface area contributed by atoms with Crippen LogP contribution in [0.15, 0.2) is 46.5 Å². The number of hydrogen-bond acceptors (Lipinski definition) is 3. The summed E-state index contributed by atoms with van der Waals surface area (Å²) in [5.74, 6) is -0.0954. The van der Waals surface area contributed by atoms with Gasteiger partial charge in [0.05, 0.1) is 18.7 Å². The van der Waals surface area contributed by atoms with Gasteiger partial charge in [0.1, 0.15) is 0 Å². The van der Waals surface area contributed by atoms with E-state index in [9.17, 15) is 9.59 Å². The van der Waals surface area contributed by atoms with Crippen LogP contribution in [-0.2, 0) is 16.1 Å². The molecule has 0 saturated carbocycles. The number of carbonyl (C=O) groups excluding carboxylic acids is 2. The van der Waals surface area contributed by atoms with Crippen LogP contribution in [-0.4, -0.2) is 17.3 Å². The fraction of sp³-hybridized carbons (Fsp3) is 0.267. The summed E-state index contributed by atoms with van der Waals surface area (Å²) in [7, 11) is 0. The maximum absolute atomic E-state index is 12.0. The molecule has 0 unspecified atom stereocenters. The highest BCUT2D eigenvalue weighted by Crippen LogP contribution is 2.17. The summed E-state index contributed by atoms with van der Waals surface area (Å²) < 4.78 is 0. The highest BCUT2D eigenvalue weighted by molar-refractivity contribution is 6.51. The van der Waals surface area contributed by atoms with Crippen molar-refractivity contribution in [3.05, 3.63) is 47.0 Å². The summed E-state index contributed by atoms with van der Waals surface area (Å²) in [5.41, 5.74) is 2.51. The molecule has 0 bridgehead atoms. The van der Waals surface area contributed by atoms with E-state index in [1.807, 2.05) is 30.3 Å². The van der Waals surface area contributed by atoms with Gasteiger partial charge in [-0.2, -0.15) is 0 Å². The second kappa shape index (κ2) is 5.08. The van der Waals surface area contributed by atoms with E-state index < -0.39 is 0 Å². The van der Waals surface area contributed by atoms with Crippen LogP contribution in [0.4, 0.5) is 0 Å². The minimum atomic E-state index is -0.0944. The average molecular weight is 241 g/mol. The van der Waals surface area contributed by atoms with E-state index >= 15 is 0 Å². The zero-order valence-corrected chi connectivity index (χ0v) is 10.6. The summed E-state index contributed by atoms with van der Waals surface area (Å²) in [6, 6.07) is 9.69. The number of allylic oxidation sites excluding steroid dienone is 2. The lowest BCUT2D eigenvalue weighted by Gasteiger charge is -2.14. The summed E-state index contributed by atoms with van der Waals surface area (Å²) >= 11 is 0. The van der Waals surface area contributed by atoms with Crippen LogP contribution in [0.2, 0.25) is 0 Å². The Bertz CT molecular complexity index is 553. The van der Waals surface area contributed by atoms with Gasteiger partial charge in [0.15, 0.2) is 5.78 Å². The van der Waals surface area contributed by atoms with E-state index in [1.165, 1.54) is 0 Å². The fourth-order valence-electron chi connectivity index (χ4n) is 1.86. The Labute approximate surface area is 106 Å². The standard InChI is InChI=1S/C15H15NO2/c1-10-11(2)15(18)13(8-14(10)17)16-9-12-6-4-3-5-7-12/h3-7H,8-9H2,1-2H3. The summed E-state index contributed by atoms with van der Waals surface area (Å²) in [5, 5.41) is 0. The van der Waals surface area contributed by atoms with Crippen molar-refractivity contribution in [3.8, 4) is 0 Å². The van der Waals surface area contributed by atoms with Crippen LogP contribution < -0.4 is 0 Å². The number of rotatable bonds is 2. The number of hydrogen-bond donors (Lipinski definition) is 0. The average Bonchev–Trinajstić information content (AvgIpc) is 2.40. The van der Waals surface area contributed by atoms with E-state index in [0.717, 1.165) is 5.56 Å². The smallest absolute Gasteiger partial charge is 0.203 e. The number of ketones is 2. The molecule has 1 aliphatic carbocycles. The van der Waals surface area contributed by atoms with Gasteiger partial charge in [-0.25, -0.2) is 0 Å². The van der Waals surface area contributed by atoms with Crippen molar-refractivity contribution in [3.63, 3.8) is 0 Å². The summed E-state index contributed by atoms with van der Waals surface area (Å²) in [6.07, 6.45) is 0.134. The minimum absolute atomic E-state index is 0.00101. The molecule has 1 aromatic rings. The molecule has 1 aliphatic rings. The van der Waals surface area contributed by atoms with Crippen molar-refractivity contribution in [1.82, 2.24) is 0 Å². The first-order chi connectivity index (χ1) is 8.59. The maximum Gasteiger partial charge on any atom is 0.203 e. The van der Waals surface area contributed by atoms with Gasteiger partial charge in [0.25, 0.3) is 0 Å². The number of aliphatic imine (C=N–C) groups is 1. The van der Waals surface area contributed by atoms with E-state index in [4.69, 9.17) is 0 Å². The van der Waals surface area contributed by atoms with Crippen molar-refractivity contribution in [2.75, 3.05) is 0 Å². The van der Waals surface area contributed by atoms with E-state index in [2.05, 4.69) is 4.99 Å². The molecule has 0 N–H and O–H groups in total. The third-order valence-electron chi connectivity index (χ3n) is 3.21. The fourth-order valence-corrected chi connectivity index (χ4v) is 1.86. The first kappa shape index (κ1) is 12.4. The molecule has 3 nitrogen and oxygen atoms in total. The minimum Gasteiger partial charge on any atom is -0.294 e. The van der Waals surface area contributed by atoms with E-state index in [-0.39, 0.29) is 18.0 Å². The Balaban J connectivity index is 2.20. The quantitative estimate of drug-likeness (QED) is 0.798. The third kappa shape index (κ3) is 2.45. The lowest BCUT2D eigenvalue weighted by atomic mass is 9.90. The van der Waals surface area contributed by atoms with Crippen molar-refractivity contribution in [2.45, 2.75) is 26.8 Å². The first-order valence-corrected chi connectivity index (χ1v) is 5.92. The molecule has 0 heterocycles. The van der Waals surface area contributed by atoms with Gasteiger partial charge in [-0.15, -0.1) is 0 Å². The largest absolute Gasteiger partial charge is 0.294 e. The lowest BCUT2D eigenvalue weighted by Crippen LogP contribution is -2.27. The number of benzene rings is 1. The number of nitrogens with zero attached hydrogens (tertiary/aromatic N) is 1. The Morgan fingerprint density at radius 3 is 2.39 bits per heavy atom. The Morgan fingerprint density at radius 1 is 1.06 bits per heavy atom. The molecule has 0 fully saturated rings. The molecule has 18 heavy (non-hydrogen) atoms. The first-order valence-electron chi connectivity index (χ1n) is 5.92. The zero-order chi connectivity index (χ0) is 13.1. The molecule has 0 amide bonds. The van der Waals surface area contributed by atoms with Crippen LogP contribution in [0.3, 0.4) is 0 Å². The molecule has 0 aliphatic heterocycles. The summed E-state index contributed by atoms with van der Waals surface area (Å²) in [6.45, 7) is 3.83. The van der Waals surface area contributed by atoms with Gasteiger partial charge in [0.2, 0.25) is 5.78 Å². The highest BCUT2D eigenvalue weighted by atomic mass is 16.1. The predicted molar refractivity (Wildman–Crippen MR) is 70.6 cm³/mol. The topological polar surface area (TPSA) is 46.5 Å². The Kier molecular flexibility index (Phi) is 3.51. The van der Waals surface area contributed by atoms with Gasteiger partial charge in [-0.05, 0) is 25.0 Å². The van der Waals surface area contributed by atoms with E-state index in [0.29, 0.717) is 23.4 Å². The molecule has 1 aromatic carbocycles. The molecule has 0 radical (unpaired) electrons. The maximum atomic E-state index is 12.0. The normalized spacial score (nSPS) is 18.7. The zero-order valence-electron chi connectivity index (χ0n) is 10.6. The van der Waals surface area contributed by atoms with Gasteiger partial charge < -0.3 is 0 Å². The van der Waals surface area contributed by atoms with Crippen LogP contribution >= 0.6 is 0 Å². The molecular formula is C15H15NO2. The van der Waals surface area contributed by atoms with Gasteiger partial charge in [-0.1, -0.05) is 30.3 Å². The highest BCUT2D eigenvalue weighted by Gasteiger charge is 2.26. The molecule has 2 rings (SSSR count). The lowest BCUT2D eigenvalue weighted by molar-refractivity contribution is -0.117. The number of Topliss-reactive ketones (excluding diaryl/α,β-unsaturated/α-hetero) is 2. The van der Waals surface area contributed by atoms with Crippen molar-refractivity contribution in [2.24, 2.45) is 4.99 Å². The number of carbonyl (C=O) groups is 2. The van der Waals surface area contributed by atoms with Crippen LogP contribution in [0.1, 0.15) is 25.8 Å². The molecule has 0 spiro atoms. The van der Waals surface area contributed by atoms with Crippen LogP contribution in [0, 0.1) is 0 Å².